The minimum atomic E-state index is -3.58. The van der Waals surface area contributed by atoms with Crippen molar-refractivity contribution in [2.45, 2.75) is 25.2 Å². The first-order valence-corrected chi connectivity index (χ1v) is 9.73. The third-order valence-electron chi connectivity index (χ3n) is 3.93. The van der Waals surface area contributed by atoms with Crippen molar-refractivity contribution in [3.8, 4) is 5.75 Å². The molecule has 1 amide bonds. The number of carbonyl (C=O) groups is 1. The molecule has 2 aromatic carbocycles. The number of carbonyl (C=O) groups excluding carboxylic acids is 1. The van der Waals surface area contributed by atoms with Gasteiger partial charge >= 0.3 is 0 Å². The van der Waals surface area contributed by atoms with Crippen molar-refractivity contribution in [1.29, 1.82) is 0 Å². The monoisotopic (exact) mass is 376 g/mol. The van der Waals surface area contributed by atoms with Gasteiger partial charge < -0.3 is 10.1 Å². The Morgan fingerprint density at radius 3 is 2.35 bits per heavy atom. The van der Waals surface area contributed by atoms with Gasteiger partial charge in [0.1, 0.15) is 5.75 Å². The van der Waals surface area contributed by atoms with Crippen LogP contribution in [-0.4, -0.2) is 39.3 Å². The van der Waals surface area contributed by atoms with Gasteiger partial charge in [0, 0.05) is 19.8 Å². The van der Waals surface area contributed by atoms with Crippen LogP contribution < -0.4 is 10.1 Å². The van der Waals surface area contributed by atoms with Crippen LogP contribution >= 0.6 is 0 Å². The molecule has 0 aromatic heterocycles. The number of amides is 1. The number of rotatable bonds is 7. The maximum absolute atomic E-state index is 12.3. The van der Waals surface area contributed by atoms with Crippen LogP contribution in [0.15, 0.2) is 47.4 Å². The molecule has 0 unspecified atom stereocenters. The van der Waals surface area contributed by atoms with E-state index in [2.05, 4.69) is 12.2 Å². The molecular weight excluding hydrogens is 352 g/mol. The first-order chi connectivity index (χ1) is 12.2. The van der Waals surface area contributed by atoms with Crippen molar-refractivity contribution in [3.05, 3.63) is 53.6 Å². The van der Waals surface area contributed by atoms with Gasteiger partial charge in [0.15, 0.2) is 6.61 Å². The molecule has 26 heavy (non-hydrogen) atoms. The third kappa shape index (κ3) is 4.83. The molecule has 0 spiro atoms. The maximum Gasteiger partial charge on any atom is 0.262 e. The van der Waals surface area contributed by atoms with Crippen LogP contribution in [0.3, 0.4) is 0 Å². The number of benzene rings is 2. The fourth-order valence-electron chi connectivity index (χ4n) is 2.32. The Morgan fingerprint density at radius 2 is 1.77 bits per heavy atom. The molecule has 1 N–H and O–H groups in total. The molecular formula is C19H24N2O4S. The Hall–Kier alpha value is -2.38. The van der Waals surface area contributed by atoms with Crippen LogP contribution in [0, 0.1) is 6.92 Å². The van der Waals surface area contributed by atoms with E-state index in [0.29, 0.717) is 17.0 Å². The van der Waals surface area contributed by atoms with Gasteiger partial charge in [-0.3, -0.25) is 4.79 Å². The topological polar surface area (TPSA) is 75.7 Å². The minimum Gasteiger partial charge on any atom is -0.484 e. The summed E-state index contributed by atoms with van der Waals surface area (Å²) in [5.41, 5.74) is 2.21. The highest BCUT2D eigenvalue weighted by molar-refractivity contribution is 7.89. The summed E-state index contributed by atoms with van der Waals surface area (Å²) in [6, 6.07) is 12.3. The second kappa shape index (κ2) is 8.33. The van der Waals surface area contributed by atoms with Gasteiger partial charge in [-0.25, -0.2) is 12.7 Å². The first kappa shape index (κ1) is 19.9. The fraction of sp³-hybridized carbons (Fsp3) is 0.316. The second-order valence-corrected chi connectivity index (χ2v) is 8.22. The van der Waals surface area contributed by atoms with E-state index < -0.39 is 10.0 Å². The number of anilines is 1. The van der Waals surface area contributed by atoms with Crippen LogP contribution in [-0.2, 0) is 21.2 Å². The third-order valence-corrected chi connectivity index (χ3v) is 5.89. The van der Waals surface area contributed by atoms with Gasteiger partial charge in [-0.2, -0.15) is 0 Å². The number of hydrogen-bond acceptors (Lipinski definition) is 4. The van der Waals surface area contributed by atoms with E-state index in [4.69, 9.17) is 4.74 Å². The molecule has 2 aromatic rings. The van der Waals surface area contributed by atoms with Gasteiger partial charge in [-0.05, 0) is 48.7 Å². The van der Waals surface area contributed by atoms with E-state index in [1.807, 2.05) is 24.3 Å². The van der Waals surface area contributed by atoms with Gasteiger partial charge in [0.05, 0.1) is 4.90 Å². The molecule has 0 aliphatic heterocycles. The van der Waals surface area contributed by atoms with Gasteiger partial charge in [0.25, 0.3) is 5.91 Å². The summed E-state index contributed by atoms with van der Waals surface area (Å²) < 4.78 is 31.3. The Balaban J connectivity index is 2.04. The summed E-state index contributed by atoms with van der Waals surface area (Å²) in [5.74, 6) is 0.249. The molecule has 0 atom stereocenters. The zero-order valence-corrected chi connectivity index (χ0v) is 16.3. The number of aryl methyl sites for hydroxylation is 2. The Bertz CT molecular complexity index is 875. The van der Waals surface area contributed by atoms with Crippen molar-refractivity contribution in [1.82, 2.24) is 4.31 Å². The number of sulfonamides is 1. The Kier molecular flexibility index (Phi) is 6.39. The quantitative estimate of drug-likeness (QED) is 0.806. The van der Waals surface area contributed by atoms with Crippen LogP contribution in [0.1, 0.15) is 18.1 Å². The standard InChI is InChI=1S/C19H24N2O4S/c1-5-15-7-10-17(11-8-15)25-13-19(22)20-16-9-6-14(2)18(12-16)26(23,24)21(3)4/h6-12H,5,13H2,1-4H3,(H,20,22). The number of ether oxygens (including phenoxy) is 1. The molecule has 0 fully saturated rings. The molecule has 0 saturated heterocycles. The summed E-state index contributed by atoms with van der Waals surface area (Å²) in [5, 5.41) is 2.67. The van der Waals surface area contributed by atoms with Gasteiger partial charge in [-0.15, -0.1) is 0 Å². The molecule has 2 rings (SSSR count). The number of hydrogen-bond donors (Lipinski definition) is 1. The average molecular weight is 376 g/mol. The van der Waals surface area contributed by atoms with E-state index in [1.165, 1.54) is 25.7 Å². The maximum atomic E-state index is 12.3. The molecule has 7 heteroatoms. The van der Waals surface area contributed by atoms with E-state index in [9.17, 15) is 13.2 Å². The lowest BCUT2D eigenvalue weighted by atomic mass is 10.2. The van der Waals surface area contributed by atoms with E-state index in [0.717, 1.165) is 10.7 Å². The van der Waals surface area contributed by atoms with Crippen molar-refractivity contribution in [2.24, 2.45) is 0 Å². The molecule has 0 aliphatic rings. The lowest BCUT2D eigenvalue weighted by Crippen LogP contribution is -2.24. The van der Waals surface area contributed by atoms with Crippen molar-refractivity contribution < 1.29 is 17.9 Å². The van der Waals surface area contributed by atoms with Crippen molar-refractivity contribution in [2.75, 3.05) is 26.0 Å². The van der Waals surface area contributed by atoms with E-state index in [-0.39, 0.29) is 17.4 Å². The highest BCUT2D eigenvalue weighted by Crippen LogP contribution is 2.22. The second-order valence-electron chi connectivity index (χ2n) is 6.10. The normalized spacial score (nSPS) is 11.4. The lowest BCUT2D eigenvalue weighted by Gasteiger charge is -2.15. The van der Waals surface area contributed by atoms with Crippen LogP contribution in [0.4, 0.5) is 5.69 Å². The van der Waals surface area contributed by atoms with Gasteiger partial charge in [-0.1, -0.05) is 25.1 Å². The lowest BCUT2D eigenvalue weighted by molar-refractivity contribution is -0.118. The SMILES string of the molecule is CCc1ccc(OCC(=O)Nc2ccc(C)c(S(=O)(=O)N(C)C)c2)cc1. The zero-order chi connectivity index (χ0) is 19.3. The summed E-state index contributed by atoms with van der Waals surface area (Å²) in [6.07, 6.45) is 0.937. The average Bonchev–Trinajstić information content (AvgIpc) is 2.61. The van der Waals surface area contributed by atoms with Crippen molar-refractivity contribution in [3.63, 3.8) is 0 Å². The number of nitrogens with one attached hydrogen (secondary N) is 1. The van der Waals surface area contributed by atoms with Crippen LogP contribution in [0.25, 0.3) is 0 Å². The highest BCUT2D eigenvalue weighted by atomic mass is 32.2. The molecule has 0 saturated carbocycles. The predicted octanol–water partition coefficient (Wildman–Crippen LogP) is 2.83. The zero-order valence-electron chi connectivity index (χ0n) is 15.4. The predicted molar refractivity (Wildman–Crippen MR) is 102 cm³/mol. The summed E-state index contributed by atoms with van der Waals surface area (Å²) >= 11 is 0. The summed E-state index contributed by atoms with van der Waals surface area (Å²) in [6.45, 7) is 3.62. The Morgan fingerprint density at radius 1 is 1.12 bits per heavy atom. The Labute approximate surface area is 154 Å². The largest absolute Gasteiger partial charge is 0.484 e. The molecule has 0 aliphatic carbocycles. The molecule has 0 bridgehead atoms. The van der Waals surface area contributed by atoms with E-state index in [1.54, 1.807) is 19.1 Å². The van der Waals surface area contributed by atoms with Gasteiger partial charge in [0.2, 0.25) is 10.0 Å². The number of nitrogens with zero attached hydrogens (tertiary/aromatic N) is 1. The van der Waals surface area contributed by atoms with Crippen LogP contribution in [0.2, 0.25) is 0 Å². The first-order valence-electron chi connectivity index (χ1n) is 8.28. The molecule has 0 heterocycles. The highest BCUT2D eigenvalue weighted by Gasteiger charge is 2.20. The van der Waals surface area contributed by atoms with Crippen molar-refractivity contribution >= 4 is 21.6 Å². The van der Waals surface area contributed by atoms with Crippen LogP contribution in [0.5, 0.6) is 5.75 Å². The summed E-state index contributed by atoms with van der Waals surface area (Å²) in [7, 11) is -0.637. The molecule has 0 radical (unpaired) electrons. The molecule has 6 nitrogen and oxygen atoms in total. The minimum absolute atomic E-state index is 0.158. The molecule has 140 valence electrons. The fourth-order valence-corrected chi connectivity index (χ4v) is 3.46. The van der Waals surface area contributed by atoms with E-state index >= 15 is 0 Å². The summed E-state index contributed by atoms with van der Waals surface area (Å²) in [4.78, 5) is 12.3. The smallest absolute Gasteiger partial charge is 0.262 e.